The highest BCUT2D eigenvalue weighted by Gasteiger charge is 2.01. The molecular weight excluding hydrogens is 176 g/mol. The second kappa shape index (κ2) is 5.60. The molecule has 1 N–H and O–H groups in total. The van der Waals surface area contributed by atoms with Gasteiger partial charge in [-0.3, -0.25) is 4.98 Å². The molecule has 0 aliphatic rings. The molecule has 1 atom stereocenters. The number of methoxy groups -OCH3 is 1. The maximum absolute atomic E-state index is 5.02. The summed E-state index contributed by atoms with van der Waals surface area (Å²) in [6.07, 6.45) is 4.70. The Kier molecular flexibility index (Phi) is 4.40. The minimum atomic E-state index is 0.415. The van der Waals surface area contributed by atoms with E-state index in [4.69, 9.17) is 4.74 Å². The normalized spacial score (nSPS) is 12.5. The van der Waals surface area contributed by atoms with Gasteiger partial charge in [0.15, 0.2) is 0 Å². The highest BCUT2D eigenvalue weighted by Crippen LogP contribution is 2.09. The number of nitrogens with one attached hydrogen (secondary N) is 1. The van der Waals surface area contributed by atoms with Gasteiger partial charge in [0.25, 0.3) is 0 Å². The van der Waals surface area contributed by atoms with E-state index in [1.807, 2.05) is 19.3 Å². The Morgan fingerprint density at radius 1 is 1.50 bits per heavy atom. The van der Waals surface area contributed by atoms with Crippen molar-refractivity contribution in [1.82, 2.24) is 4.98 Å². The second-order valence-electron chi connectivity index (χ2n) is 3.58. The van der Waals surface area contributed by atoms with Gasteiger partial charge < -0.3 is 10.1 Å². The lowest BCUT2D eigenvalue weighted by molar-refractivity contribution is 0.191. The molecule has 1 unspecified atom stereocenters. The molecule has 0 aromatic carbocycles. The summed E-state index contributed by atoms with van der Waals surface area (Å²) < 4.78 is 5.02. The molecule has 1 aromatic rings. The second-order valence-corrected chi connectivity index (χ2v) is 3.58. The van der Waals surface area contributed by atoms with Gasteiger partial charge in [-0.25, -0.2) is 0 Å². The van der Waals surface area contributed by atoms with Crippen molar-refractivity contribution in [3.63, 3.8) is 0 Å². The molecule has 0 amide bonds. The molecular formula is C11H18N2O. The smallest absolute Gasteiger partial charge is 0.0531 e. The van der Waals surface area contributed by atoms with E-state index >= 15 is 0 Å². The van der Waals surface area contributed by atoms with E-state index in [0.717, 1.165) is 18.7 Å². The van der Waals surface area contributed by atoms with Crippen LogP contribution in [0.1, 0.15) is 18.9 Å². The van der Waals surface area contributed by atoms with Crippen molar-refractivity contribution in [2.24, 2.45) is 0 Å². The van der Waals surface area contributed by atoms with Gasteiger partial charge in [-0.2, -0.15) is 0 Å². The van der Waals surface area contributed by atoms with Crippen LogP contribution in [0.5, 0.6) is 0 Å². The van der Waals surface area contributed by atoms with Gasteiger partial charge in [-0.1, -0.05) is 0 Å². The molecule has 0 spiro atoms. The van der Waals surface area contributed by atoms with Crippen LogP contribution in [-0.4, -0.2) is 24.7 Å². The van der Waals surface area contributed by atoms with Crippen molar-refractivity contribution in [3.8, 4) is 0 Å². The van der Waals surface area contributed by atoms with E-state index < -0.39 is 0 Å². The zero-order chi connectivity index (χ0) is 10.4. The first-order valence-corrected chi connectivity index (χ1v) is 4.89. The summed E-state index contributed by atoms with van der Waals surface area (Å²) >= 11 is 0. The van der Waals surface area contributed by atoms with Gasteiger partial charge >= 0.3 is 0 Å². The molecule has 0 fully saturated rings. The highest BCUT2D eigenvalue weighted by atomic mass is 16.5. The summed E-state index contributed by atoms with van der Waals surface area (Å²) in [4.78, 5) is 4.12. The molecule has 1 heterocycles. The average Bonchev–Trinajstić information content (AvgIpc) is 2.15. The van der Waals surface area contributed by atoms with Crippen LogP contribution in [0, 0.1) is 6.92 Å². The summed E-state index contributed by atoms with van der Waals surface area (Å²) in [6.45, 7) is 4.97. The Morgan fingerprint density at radius 3 is 2.93 bits per heavy atom. The van der Waals surface area contributed by atoms with Crippen LogP contribution >= 0.6 is 0 Å². The lowest BCUT2D eigenvalue weighted by Crippen LogP contribution is -2.17. The van der Waals surface area contributed by atoms with Crippen LogP contribution in [0.25, 0.3) is 0 Å². The van der Waals surface area contributed by atoms with E-state index in [1.54, 1.807) is 7.11 Å². The molecule has 0 saturated carbocycles. The van der Waals surface area contributed by atoms with E-state index in [1.165, 1.54) is 5.56 Å². The van der Waals surface area contributed by atoms with Crippen molar-refractivity contribution in [2.75, 3.05) is 19.0 Å². The van der Waals surface area contributed by atoms with Gasteiger partial charge in [-0.05, 0) is 31.9 Å². The average molecular weight is 194 g/mol. The number of hydrogen-bond donors (Lipinski definition) is 1. The summed E-state index contributed by atoms with van der Waals surface area (Å²) in [5, 5.41) is 3.38. The van der Waals surface area contributed by atoms with E-state index in [9.17, 15) is 0 Å². The summed E-state index contributed by atoms with van der Waals surface area (Å²) in [5.41, 5.74) is 2.25. The van der Waals surface area contributed by atoms with Crippen molar-refractivity contribution in [2.45, 2.75) is 26.3 Å². The minimum Gasteiger partial charge on any atom is -0.385 e. The van der Waals surface area contributed by atoms with Gasteiger partial charge in [0.2, 0.25) is 0 Å². The maximum Gasteiger partial charge on any atom is 0.0531 e. The van der Waals surface area contributed by atoms with E-state index in [2.05, 4.69) is 23.3 Å². The Morgan fingerprint density at radius 2 is 2.29 bits per heavy atom. The Labute approximate surface area is 85.5 Å². The highest BCUT2D eigenvalue weighted by molar-refractivity contribution is 5.43. The number of anilines is 1. The number of pyridine rings is 1. The van der Waals surface area contributed by atoms with Crippen LogP contribution in [0.2, 0.25) is 0 Å². The fourth-order valence-corrected chi connectivity index (χ4v) is 1.29. The zero-order valence-corrected chi connectivity index (χ0v) is 9.08. The Hall–Kier alpha value is -1.09. The van der Waals surface area contributed by atoms with Gasteiger partial charge in [0.05, 0.1) is 5.69 Å². The van der Waals surface area contributed by atoms with Crippen LogP contribution in [-0.2, 0) is 4.74 Å². The molecule has 1 aromatic heterocycles. The third kappa shape index (κ3) is 3.75. The van der Waals surface area contributed by atoms with E-state index in [-0.39, 0.29) is 0 Å². The maximum atomic E-state index is 5.02. The molecule has 14 heavy (non-hydrogen) atoms. The number of ether oxygens (including phenoxy) is 1. The number of rotatable bonds is 5. The van der Waals surface area contributed by atoms with Gasteiger partial charge in [0.1, 0.15) is 0 Å². The molecule has 3 nitrogen and oxygen atoms in total. The molecule has 0 aliphatic heterocycles. The fourth-order valence-electron chi connectivity index (χ4n) is 1.29. The lowest BCUT2D eigenvalue weighted by atomic mass is 10.2. The van der Waals surface area contributed by atoms with Crippen molar-refractivity contribution < 1.29 is 4.74 Å². The SMILES string of the molecule is COCCC(C)Nc1cncc(C)c1. The van der Waals surface area contributed by atoms with Crippen LogP contribution < -0.4 is 5.32 Å². The molecule has 0 radical (unpaired) electrons. The quantitative estimate of drug-likeness (QED) is 0.780. The van der Waals surface area contributed by atoms with Crippen LogP contribution in [0.15, 0.2) is 18.5 Å². The van der Waals surface area contributed by atoms with Crippen molar-refractivity contribution in [1.29, 1.82) is 0 Å². The molecule has 1 rings (SSSR count). The van der Waals surface area contributed by atoms with Crippen molar-refractivity contribution in [3.05, 3.63) is 24.0 Å². The van der Waals surface area contributed by atoms with Gasteiger partial charge in [0, 0.05) is 32.2 Å². The summed E-state index contributed by atoms with van der Waals surface area (Å²) in [7, 11) is 1.72. The monoisotopic (exact) mass is 194 g/mol. The van der Waals surface area contributed by atoms with E-state index in [0.29, 0.717) is 6.04 Å². The summed E-state index contributed by atoms with van der Waals surface area (Å²) in [6, 6.07) is 2.51. The standard InChI is InChI=1S/C11H18N2O/c1-9-6-11(8-12-7-9)13-10(2)4-5-14-3/h6-8,10,13H,4-5H2,1-3H3. The first-order chi connectivity index (χ1) is 6.72. The van der Waals surface area contributed by atoms with Gasteiger partial charge in [-0.15, -0.1) is 0 Å². The first-order valence-electron chi connectivity index (χ1n) is 4.89. The zero-order valence-electron chi connectivity index (χ0n) is 9.08. The largest absolute Gasteiger partial charge is 0.385 e. The number of nitrogens with zero attached hydrogens (tertiary/aromatic N) is 1. The molecule has 0 saturated heterocycles. The van der Waals surface area contributed by atoms with Crippen LogP contribution in [0.4, 0.5) is 5.69 Å². The predicted octanol–water partition coefficient (Wildman–Crippen LogP) is 2.23. The molecule has 0 bridgehead atoms. The lowest BCUT2D eigenvalue weighted by Gasteiger charge is -2.14. The third-order valence-corrected chi connectivity index (χ3v) is 2.04. The number of hydrogen-bond acceptors (Lipinski definition) is 3. The van der Waals surface area contributed by atoms with Crippen molar-refractivity contribution >= 4 is 5.69 Å². The minimum absolute atomic E-state index is 0.415. The fraction of sp³-hybridized carbons (Fsp3) is 0.545. The van der Waals surface area contributed by atoms with Crippen LogP contribution in [0.3, 0.4) is 0 Å². The Bertz CT molecular complexity index is 276. The number of aromatic nitrogens is 1. The third-order valence-electron chi connectivity index (χ3n) is 2.04. The molecule has 78 valence electrons. The Balaban J connectivity index is 2.43. The topological polar surface area (TPSA) is 34.1 Å². The number of aryl methyl sites for hydroxylation is 1. The summed E-state index contributed by atoms with van der Waals surface area (Å²) in [5.74, 6) is 0. The first kappa shape index (κ1) is 11.0. The molecule has 0 aliphatic carbocycles. The molecule has 3 heteroatoms. The predicted molar refractivity (Wildman–Crippen MR) is 58.6 cm³/mol.